The van der Waals surface area contributed by atoms with E-state index in [1.54, 1.807) is 0 Å². The Morgan fingerprint density at radius 2 is 1.85 bits per heavy atom. The lowest BCUT2D eigenvalue weighted by Crippen LogP contribution is -2.36. The zero-order valence-electron chi connectivity index (χ0n) is 16.2. The van der Waals surface area contributed by atoms with Crippen LogP contribution in [-0.4, -0.2) is 17.5 Å². The summed E-state index contributed by atoms with van der Waals surface area (Å²) in [6.07, 6.45) is 0.612. The molecular formula is C22H25N3O2. The number of carbonyl (C=O) groups excluding carboxylic acids is 2. The molecule has 3 rings (SSSR count). The summed E-state index contributed by atoms with van der Waals surface area (Å²) in [4.78, 5) is 25.2. The smallest absolute Gasteiger partial charge is 0.271 e. The van der Waals surface area contributed by atoms with Gasteiger partial charge in [-0.2, -0.15) is 5.10 Å². The summed E-state index contributed by atoms with van der Waals surface area (Å²) in [5.74, 6) is -0.0638. The number of hydrogen-bond acceptors (Lipinski definition) is 3. The molecule has 1 aliphatic heterocycles. The van der Waals surface area contributed by atoms with Crippen LogP contribution in [0.5, 0.6) is 0 Å². The van der Waals surface area contributed by atoms with Crippen molar-refractivity contribution in [2.75, 3.05) is 10.3 Å². The van der Waals surface area contributed by atoms with Gasteiger partial charge in [0.1, 0.15) is 5.71 Å². The summed E-state index contributed by atoms with van der Waals surface area (Å²) in [5, 5.41) is 8.72. The highest BCUT2D eigenvalue weighted by Gasteiger charge is 2.26. The van der Waals surface area contributed by atoms with Crippen molar-refractivity contribution in [2.45, 2.75) is 46.5 Å². The van der Waals surface area contributed by atoms with Crippen molar-refractivity contribution in [3.63, 3.8) is 0 Å². The standard InChI is InChI=1S/C22H25N3O2/c1-14(2)18-10-6-8-16(4)21(18)23-22(27)19-11-12-20(26)25(24-19)17-9-5-7-15(3)13-17/h5-10,13-14H,11-12H2,1-4H3,(H,23,27). The summed E-state index contributed by atoms with van der Waals surface area (Å²) < 4.78 is 0. The summed E-state index contributed by atoms with van der Waals surface area (Å²) in [6, 6.07) is 13.6. The zero-order chi connectivity index (χ0) is 19.6. The van der Waals surface area contributed by atoms with Crippen LogP contribution in [0.2, 0.25) is 0 Å². The average molecular weight is 363 g/mol. The fraction of sp³-hybridized carbons (Fsp3) is 0.318. The Balaban J connectivity index is 1.89. The van der Waals surface area contributed by atoms with E-state index in [1.807, 2.05) is 56.3 Å². The first-order valence-electron chi connectivity index (χ1n) is 9.24. The Morgan fingerprint density at radius 1 is 1.11 bits per heavy atom. The van der Waals surface area contributed by atoms with Crippen molar-refractivity contribution in [3.8, 4) is 0 Å². The molecule has 0 radical (unpaired) electrons. The molecule has 5 nitrogen and oxygen atoms in total. The molecule has 0 saturated heterocycles. The van der Waals surface area contributed by atoms with Gasteiger partial charge in [0.25, 0.3) is 5.91 Å². The highest BCUT2D eigenvalue weighted by atomic mass is 16.2. The summed E-state index contributed by atoms with van der Waals surface area (Å²) in [6.45, 7) is 8.13. The second kappa shape index (κ2) is 7.74. The molecule has 27 heavy (non-hydrogen) atoms. The topological polar surface area (TPSA) is 61.8 Å². The molecule has 0 aromatic heterocycles. The molecule has 2 aromatic carbocycles. The highest BCUT2D eigenvalue weighted by molar-refractivity contribution is 6.44. The van der Waals surface area contributed by atoms with Gasteiger partial charge in [0, 0.05) is 18.5 Å². The minimum Gasteiger partial charge on any atom is -0.320 e. The van der Waals surface area contributed by atoms with Crippen LogP contribution in [0, 0.1) is 13.8 Å². The van der Waals surface area contributed by atoms with E-state index in [0.29, 0.717) is 23.7 Å². The van der Waals surface area contributed by atoms with Crippen LogP contribution in [0.25, 0.3) is 0 Å². The largest absolute Gasteiger partial charge is 0.320 e. The van der Waals surface area contributed by atoms with Gasteiger partial charge in [0.2, 0.25) is 5.91 Å². The SMILES string of the molecule is Cc1cccc(N2N=C(C(=O)Nc3c(C)cccc3C(C)C)CCC2=O)c1. The van der Waals surface area contributed by atoms with Gasteiger partial charge in [-0.15, -0.1) is 0 Å². The number of hydrogen-bond donors (Lipinski definition) is 1. The minimum absolute atomic E-state index is 0.101. The lowest BCUT2D eigenvalue weighted by molar-refractivity contribution is -0.118. The average Bonchev–Trinajstić information content (AvgIpc) is 2.63. The number of carbonyl (C=O) groups is 2. The fourth-order valence-electron chi connectivity index (χ4n) is 3.21. The van der Waals surface area contributed by atoms with Gasteiger partial charge in [-0.05, 0) is 48.6 Å². The first-order valence-corrected chi connectivity index (χ1v) is 9.24. The lowest BCUT2D eigenvalue weighted by atomic mass is 9.98. The summed E-state index contributed by atoms with van der Waals surface area (Å²) in [7, 11) is 0. The van der Waals surface area contributed by atoms with E-state index in [9.17, 15) is 9.59 Å². The van der Waals surface area contributed by atoms with Crippen molar-refractivity contribution in [1.82, 2.24) is 0 Å². The van der Waals surface area contributed by atoms with Gasteiger partial charge < -0.3 is 5.32 Å². The van der Waals surface area contributed by atoms with E-state index >= 15 is 0 Å². The number of rotatable bonds is 4. The molecule has 0 spiro atoms. The van der Waals surface area contributed by atoms with Crippen molar-refractivity contribution in [1.29, 1.82) is 0 Å². The molecule has 2 aromatic rings. The first-order chi connectivity index (χ1) is 12.9. The lowest BCUT2D eigenvalue weighted by Gasteiger charge is -2.24. The van der Waals surface area contributed by atoms with Crippen molar-refractivity contribution >= 4 is 28.9 Å². The molecule has 0 aliphatic carbocycles. The van der Waals surface area contributed by atoms with Gasteiger partial charge in [0.05, 0.1) is 5.69 Å². The zero-order valence-corrected chi connectivity index (χ0v) is 16.2. The summed E-state index contributed by atoms with van der Waals surface area (Å²) in [5.41, 5.74) is 5.02. The molecular weight excluding hydrogens is 338 g/mol. The molecule has 5 heteroatoms. The predicted molar refractivity (Wildman–Crippen MR) is 109 cm³/mol. The van der Waals surface area contributed by atoms with Crippen LogP contribution in [0.3, 0.4) is 0 Å². The monoisotopic (exact) mass is 363 g/mol. The van der Waals surface area contributed by atoms with Crippen LogP contribution in [0.15, 0.2) is 47.6 Å². The third-order valence-electron chi connectivity index (χ3n) is 4.71. The van der Waals surface area contributed by atoms with Crippen molar-refractivity contribution in [2.24, 2.45) is 5.10 Å². The molecule has 0 fully saturated rings. The van der Waals surface area contributed by atoms with Crippen LogP contribution in [0.4, 0.5) is 11.4 Å². The van der Waals surface area contributed by atoms with Gasteiger partial charge in [0.15, 0.2) is 0 Å². The Bertz CT molecular complexity index is 916. The molecule has 1 heterocycles. The number of benzene rings is 2. The molecule has 0 saturated carbocycles. The summed E-state index contributed by atoms with van der Waals surface area (Å²) >= 11 is 0. The Labute approximate surface area is 160 Å². The normalized spacial score (nSPS) is 14.3. The van der Waals surface area contributed by atoms with E-state index in [-0.39, 0.29) is 18.2 Å². The van der Waals surface area contributed by atoms with Gasteiger partial charge in [-0.25, -0.2) is 5.01 Å². The molecule has 0 unspecified atom stereocenters. The van der Waals surface area contributed by atoms with E-state index < -0.39 is 0 Å². The van der Waals surface area contributed by atoms with Gasteiger partial charge in [-0.3, -0.25) is 9.59 Å². The second-order valence-corrected chi connectivity index (χ2v) is 7.24. The van der Waals surface area contributed by atoms with Crippen molar-refractivity contribution < 1.29 is 9.59 Å². The Morgan fingerprint density at radius 3 is 2.56 bits per heavy atom. The predicted octanol–water partition coefficient (Wildman–Crippen LogP) is 4.55. The third-order valence-corrected chi connectivity index (χ3v) is 4.71. The fourth-order valence-corrected chi connectivity index (χ4v) is 3.21. The Hall–Kier alpha value is -2.95. The number of nitrogens with one attached hydrogen (secondary N) is 1. The number of para-hydroxylation sites is 1. The van der Waals surface area contributed by atoms with E-state index in [1.165, 1.54) is 5.01 Å². The van der Waals surface area contributed by atoms with Gasteiger partial charge in [-0.1, -0.05) is 44.2 Å². The minimum atomic E-state index is -0.253. The first kappa shape index (κ1) is 18.8. The van der Waals surface area contributed by atoms with Crippen LogP contribution < -0.4 is 10.3 Å². The molecule has 0 bridgehead atoms. The number of amides is 2. The molecule has 2 amide bonds. The number of aryl methyl sites for hydroxylation is 2. The number of nitrogens with zero attached hydrogens (tertiary/aromatic N) is 2. The van der Waals surface area contributed by atoms with Crippen molar-refractivity contribution in [3.05, 3.63) is 59.2 Å². The maximum absolute atomic E-state index is 12.9. The third kappa shape index (κ3) is 4.08. The quantitative estimate of drug-likeness (QED) is 0.866. The second-order valence-electron chi connectivity index (χ2n) is 7.24. The molecule has 0 atom stereocenters. The molecule has 1 N–H and O–H groups in total. The van der Waals surface area contributed by atoms with E-state index in [4.69, 9.17) is 0 Å². The molecule has 140 valence electrons. The maximum Gasteiger partial charge on any atom is 0.271 e. The Kier molecular flexibility index (Phi) is 5.40. The number of hydrazone groups is 1. The van der Waals surface area contributed by atoms with Crippen LogP contribution >= 0.6 is 0 Å². The number of anilines is 2. The maximum atomic E-state index is 12.9. The van der Waals surface area contributed by atoms with Crippen LogP contribution in [-0.2, 0) is 9.59 Å². The van der Waals surface area contributed by atoms with E-state index in [2.05, 4.69) is 24.3 Å². The van der Waals surface area contributed by atoms with E-state index in [0.717, 1.165) is 22.4 Å². The molecule has 1 aliphatic rings. The van der Waals surface area contributed by atoms with Crippen LogP contribution in [0.1, 0.15) is 49.3 Å². The highest BCUT2D eigenvalue weighted by Crippen LogP contribution is 2.28. The van der Waals surface area contributed by atoms with Gasteiger partial charge >= 0.3 is 0 Å².